The number of halogens is 1. The number of benzene rings is 2. The third-order valence-corrected chi connectivity index (χ3v) is 6.74. The van der Waals surface area contributed by atoms with Crippen molar-refractivity contribution in [1.29, 1.82) is 0 Å². The Morgan fingerprint density at radius 2 is 1.76 bits per heavy atom. The summed E-state index contributed by atoms with van der Waals surface area (Å²) >= 11 is 6.59. The molecule has 0 fully saturated rings. The number of hydrogen-bond donors (Lipinski definition) is 2. The molecule has 3 rings (SSSR count). The van der Waals surface area contributed by atoms with Gasteiger partial charge in [-0.1, -0.05) is 59.6 Å². The van der Waals surface area contributed by atoms with Gasteiger partial charge in [-0.15, -0.1) is 0 Å². The third kappa shape index (κ3) is 7.22. The van der Waals surface area contributed by atoms with Crippen LogP contribution in [0.5, 0.6) is 0 Å². The number of carbonyl (C=O) groups is 3. The van der Waals surface area contributed by atoms with Crippen molar-refractivity contribution in [1.82, 2.24) is 10.5 Å². The second-order valence-electron chi connectivity index (χ2n) is 10.1. The van der Waals surface area contributed by atoms with E-state index in [1.165, 1.54) is 4.90 Å². The van der Waals surface area contributed by atoms with Gasteiger partial charge in [0.25, 0.3) is 0 Å². The predicted octanol–water partition coefficient (Wildman–Crippen LogP) is 6.05. The van der Waals surface area contributed by atoms with Crippen molar-refractivity contribution >= 4 is 40.8 Å². The van der Waals surface area contributed by atoms with Gasteiger partial charge in [-0.3, -0.25) is 19.3 Å². The van der Waals surface area contributed by atoms with Gasteiger partial charge >= 0.3 is 0 Å². The topological polar surface area (TPSA) is 105 Å². The number of aryl methyl sites for hydroxylation is 3. The van der Waals surface area contributed by atoms with Crippen molar-refractivity contribution in [2.24, 2.45) is 0 Å². The summed E-state index contributed by atoms with van der Waals surface area (Å²) in [7, 11) is 0. The second kappa shape index (κ2) is 12.3. The minimum atomic E-state index is -1.05. The molecule has 3 aromatic rings. The molecule has 0 aliphatic rings. The predicted molar refractivity (Wildman–Crippen MR) is 149 cm³/mol. The van der Waals surface area contributed by atoms with E-state index in [4.69, 9.17) is 16.1 Å². The maximum Gasteiger partial charge on any atom is 0.248 e. The Morgan fingerprint density at radius 1 is 1.05 bits per heavy atom. The van der Waals surface area contributed by atoms with E-state index in [0.717, 1.165) is 11.1 Å². The lowest BCUT2D eigenvalue weighted by molar-refractivity contribution is -0.128. The highest BCUT2D eigenvalue weighted by Gasteiger charge is 2.36. The van der Waals surface area contributed by atoms with Gasteiger partial charge < -0.3 is 15.2 Å². The lowest BCUT2D eigenvalue weighted by Crippen LogP contribution is -2.50. The standard InChI is InChI=1S/C29H35ClN4O4/c1-7-29(5,6)32-28(37)27(21-10-8-9-11-22(21)30)34(23-13-12-18(2)16-19(23)3)26(36)15-14-25(35)31-24-17-20(4)38-33-24/h8-13,16-17,27H,7,14-15H2,1-6H3,(H,32,37)(H,31,33,35). The SMILES string of the molecule is CCC(C)(C)NC(=O)C(c1ccccc1Cl)N(C(=O)CCC(=O)Nc1cc(C)on1)c1ccc(C)cc1C. The fourth-order valence-electron chi connectivity index (χ4n) is 4.05. The van der Waals surface area contributed by atoms with E-state index < -0.39 is 23.4 Å². The van der Waals surface area contributed by atoms with Crippen LogP contribution < -0.4 is 15.5 Å². The third-order valence-electron chi connectivity index (χ3n) is 6.39. The number of carbonyl (C=O) groups excluding carboxylic acids is 3. The molecule has 0 radical (unpaired) electrons. The first-order chi connectivity index (χ1) is 17.9. The number of aromatic nitrogens is 1. The highest BCUT2D eigenvalue weighted by atomic mass is 35.5. The molecule has 202 valence electrons. The zero-order valence-corrected chi connectivity index (χ0v) is 23.5. The highest BCUT2D eigenvalue weighted by molar-refractivity contribution is 6.31. The van der Waals surface area contributed by atoms with Crippen molar-refractivity contribution in [3.63, 3.8) is 0 Å². The molecule has 0 aliphatic carbocycles. The Kier molecular flexibility index (Phi) is 9.33. The first kappa shape index (κ1) is 28.9. The van der Waals surface area contributed by atoms with Crippen LogP contribution in [0.25, 0.3) is 0 Å². The molecule has 0 spiro atoms. The van der Waals surface area contributed by atoms with Crippen molar-refractivity contribution in [3.8, 4) is 0 Å². The van der Waals surface area contributed by atoms with Crippen LogP contribution in [0, 0.1) is 20.8 Å². The zero-order valence-electron chi connectivity index (χ0n) is 22.7. The summed E-state index contributed by atoms with van der Waals surface area (Å²) in [6.45, 7) is 11.4. The Labute approximate surface area is 228 Å². The molecule has 1 aromatic heterocycles. The van der Waals surface area contributed by atoms with Crippen LogP contribution in [0.3, 0.4) is 0 Å². The summed E-state index contributed by atoms with van der Waals surface area (Å²) in [4.78, 5) is 41.8. The van der Waals surface area contributed by atoms with Crippen LogP contribution in [0.15, 0.2) is 53.1 Å². The monoisotopic (exact) mass is 538 g/mol. The molecular formula is C29H35ClN4O4. The molecule has 2 N–H and O–H groups in total. The number of hydrogen-bond acceptors (Lipinski definition) is 5. The van der Waals surface area contributed by atoms with Gasteiger partial charge in [0.05, 0.1) is 0 Å². The van der Waals surface area contributed by atoms with E-state index in [-0.39, 0.29) is 24.6 Å². The lowest BCUT2D eigenvalue weighted by Gasteiger charge is -2.35. The Hall–Kier alpha value is -3.65. The van der Waals surface area contributed by atoms with Gasteiger partial charge in [-0.2, -0.15) is 0 Å². The normalized spacial score (nSPS) is 12.1. The molecule has 1 atom stereocenters. The average Bonchev–Trinajstić information content (AvgIpc) is 3.26. The van der Waals surface area contributed by atoms with E-state index in [1.54, 1.807) is 37.3 Å². The molecule has 9 heteroatoms. The first-order valence-electron chi connectivity index (χ1n) is 12.6. The number of nitrogens with one attached hydrogen (secondary N) is 2. The summed E-state index contributed by atoms with van der Waals surface area (Å²) in [6, 6.07) is 13.2. The number of nitrogens with zero attached hydrogens (tertiary/aromatic N) is 2. The largest absolute Gasteiger partial charge is 0.360 e. The molecule has 1 unspecified atom stereocenters. The van der Waals surface area contributed by atoms with Crippen LogP contribution in [-0.4, -0.2) is 28.4 Å². The summed E-state index contributed by atoms with van der Waals surface area (Å²) < 4.78 is 4.98. The van der Waals surface area contributed by atoms with Gasteiger partial charge in [-0.25, -0.2) is 0 Å². The van der Waals surface area contributed by atoms with Gasteiger partial charge in [0.1, 0.15) is 11.8 Å². The molecular weight excluding hydrogens is 504 g/mol. The van der Waals surface area contributed by atoms with Crippen LogP contribution in [0.1, 0.15) is 68.5 Å². The summed E-state index contributed by atoms with van der Waals surface area (Å²) in [5.74, 6) is -0.306. The van der Waals surface area contributed by atoms with E-state index in [1.807, 2.05) is 52.8 Å². The van der Waals surface area contributed by atoms with Crippen molar-refractivity contribution in [2.45, 2.75) is 72.4 Å². The van der Waals surface area contributed by atoms with Crippen molar-refractivity contribution in [2.75, 3.05) is 10.2 Å². The molecule has 8 nitrogen and oxygen atoms in total. The maximum absolute atomic E-state index is 13.9. The van der Waals surface area contributed by atoms with Gasteiger partial charge in [0, 0.05) is 40.7 Å². The van der Waals surface area contributed by atoms with E-state index in [0.29, 0.717) is 28.5 Å². The lowest BCUT2D eigenvalue weighted by atomic mass is 9.97. The molecule has 0 bridgehead atoms. The van der Waals surface area contributed by atoms with Crippen molar-refractivity contribution in [3.05, 3.63) is 76.0 Å². The van der Waals surface area contributed by atoms with Crippen LogP contribution >= 0.6 is 11.6 Å². The fourth-order valence-corrected chi connectivity index (χ4v) is 4.29. The molecule has 3 amide bonds. The summed E-state index contributed by atoms with van der Waals surface area (Å²) in [5.41, 5.74) is 2.40. The minimum absolute atomic E-state index is 0.108. The van der Waals surface area contributed by atoms with Crippen LogP contribution in [0.2, 0.25) is 5.02 Å². The first-order valence-corrected chi connectivity index (χ1v) is 13.0. The van der Waals surface area contributed by atoms with Crippen LogP contribution in [0.4, 0.5) is 11.5 Å². The summed E-state index contributed by atoms with van der Waals surface area (Å²) in [6.07, 6.45) is 0.442. The Balaban J connectivity index is 2.02. The maximum atomic E-state index is 13.9. The van der Waals surface area contributed by atoms with E-state index in [9.17, 15) is 14.4 Å². The number of amides is 3. The second-order valence-corrected chi connectivity index (χ2v) is 10.5. The van der Waals surface area contributed by atoms with E-state index in [2.05, 4.69) is 15.8 Å². The number of anilines is 2. The Morgan fingerprint density at radius 3 is 2.37 bits per heavy atom. The van der Waals surface area contributed by atoms with Gasteiger partial charge in [0.15, 0.2) is 5.82 Å². The summed E-state index contributed by atoms with van der Waals surface area (Å²) in [5, 5.41) is 9.83. The molecule has 0 saturated carbocycles. The minimum Gasteiger partial charge on any atom is -0.360 e. The van der Waals surface area contributed by atoms with Crippen molar-refractivity contribution < 1.29 is 18.9 Å². The molecule has 1 heterocycles. The zero-order chi connectivity index (χ0) is 28.0. The molecule has 38 heavy (non-hydrogen) atoms. The fraction of sp³-hybridized carbons (Fsp3) is 0.379. The van der Waals surface area contributed by atoms with Gasteiger partial charge in [0.2, 0.25) is 17.7 Å². The van der Waals surface area contributed by atoms with E-state index >= 15 is 0 Å². The highest BCUT2D eigenvalue weighted by Crippen LogP contribution is 2.35. The average molecular weight is 539 g/mol. The number of rotatable bonds is 10. The molecule has 2 aromatic carbocycles. The molecule has 0 saturated heterocycles. The molecule has 0 aliphatic heterocycles. The quantitative estimate of drug-likeness (QED) is 0.327. The van der Waals surface area contributed by atoms with Crippen LogP contribution in [-0.2, 0) is 14.4 Å². The Bertz CT molecular complexity index is 1320. The smallest absolute Gasteiger partial charge is 0.248 e. The van der Waals surface area contributed by atoms with Gasteiger partial charge in [-0.05, 0) is 58.7 Å².